The zero-order chi connectivity index (χ0) is 17.9. The van der Waals surface area contributed by atoms with Crippen molar-refractivity contribution >= 4 is 6.29 Å². The summed E-state index contributed by atoms with van der Waals surface area (Å²) in [5.41, 5.74) is 0.846. The minimum absolute atomic E-state index is 0.0404. The molecule has 1 aliphatic heterocycles. The second-order valence-corrected chi connectivity index (χ2v) is 5.23. The van der Waals surface area contributed by atoms with Crippen molar-refractivity contribution in [1.29, 1.82) is 0 Å². The average Bonchev–Trinajstić information content (AvgIpc) is 3.04. The number of rotatable bonds is 13. The normalized spacial score (nSPS) is 15.5. The van der Waals surface area contributed by atoms with Crippen molar-refractivity contribution in [1.82, 2.24) is 0 Å². The number of carbonyl (C=O) groups excluding carboxylic acids is 1. The summed E-state index contributed by atoms with van der Waals surface area (Å²) >= 11 is 0. The van der Waals surface area contributed by atoms with E-state index >= 15 is 0 Å². The molecular formula is C17H24O8. The van der Waals surface area contributed by atoms with Crippen LogP contribution >= 0.6 is 0 Å². The molecule has 1 aliphatic rings. The van der Waals surface area contributed by atoms with Crippen molar-refractivity contribution in [2.24, 2.45) is 0 Å². The number of benzene rings is 1. The summed E-state index contributed by atoms with van der Waals surface area (Å²) in [7, 11) is 3.20. The van der Waals surface area contributed by atoms with Gasteiger partial charge in [-0.15, -0.1) is 0 Å². The first-order valence-electron chi connectivity index (χ1n) is 7.96. The Morgan fingerprint density at radius 2 is 1.72 bits per heavy atom. The molecule has 0 fully saturated rings. The molecule has 0 bridgehead atoms. The summed E-state index contributed by atoms with van der Waals surface area (Å²) in [5.74, 6) is 1.57. The molecule has 1 aromatic carbocycles. The van der Waals surface area contributed by atoms with Gasteiger partial charge in [-0.25, -0.2) is 0 Å². The fraction of sp³-hybridized carbons (Fsp3) is 0.588. The van der Waals surface area contributed by atoms with Crippen molar-refractivity contribution in [3.8, 4) is 17.2 Å². The zero-order valence-corrected chi connectivity index (χ0v) is 14.5. The third kappa shape index (κ3) is 6.17. The van der Waals surface area contributed by atoms with Crippen LogP contribution in [0.5, 0.6) is 17.2 Å². The van der Waals surface area contributed by atoms with Gasteiger partial charge in [-0.3, -0.25) is 4.79 Å². The van der Waals surface area contributed by atoms with Gasteiger partial charge in [0, 0.05) is 32.3 Å². The van der Waals surface area contributed by atoms with Gasteiger partial charge in [0.2, 0.25) is 0 Å². The first kappa shape index (κ1) is 19.5. The number of fused-ring (bicyclic) bond motifs is 1. The molecule has 1 atom stereocenters. The Labute approximate surface area is 146 Å². The number of carbonyl (C=O) groups is 1. The molecule has 0 aliphatic carbocycles. The van der Waals surface area contributed by atoms with Gasteiger partial charge in [0.25, 0.3) is 0 Å². The predicted molar refractivity (Wildman–Crippen MR) is 87.3 cm³/mol. The fourth-order valence-electron chi connectivity index (χ4n) is 2.21. The van der Waals surface area contributed by atoms with Crippen LogP contribution in [0.3, 0.4) is 0 Å². The topological polar surface area (TPSA) is 81.7 Å². The first-order chi connectivity index (χ1) is 12.3. The molecule has 0 aromatic heterocycles. The Morgan fingerprint density at radius 1 is 1.04 bits per heavy atom. The number of methoxy groups -OCH3 is 2. The molecule has 8 nitrogen and oxygen atoms in total. The molecule has 0 saturated carbocycles. The highest BCUT2D eigenvalue weighted by atomic mass is 16.7. The van der Waals surface area contributed by atoms with E-state index in [0.29, 0.717) is 50.1 Å². The van der Waals surface area contributed by atoms with Gasteiger partial charge in [0.1, 0.15) is 5.75 Å². The van der Waals surface area contributed by atoms with E-state index in [0.717, 1.165) is 11.8 Å². The van der Waals surface area contributed by atoms with Crippen LogP contribution in [0.15, 0.2) is 12.1 Å². The van der Waals surface area contributed by atoms with E-state index in [-0.39, 0.29) is 13.6 Å². The molecule has 1 heterocycles. The highest BCUT2D eigenvalue weighted by Gasteiger charge is 2.27. The second kappa shape index (κ2) is 10.9. The summed E-state index contributed by atoms with van der Waals surface area (Å²) in [4.78, 5) is 11.0. The van der Waals surface area contributed by atoms with Crippen molar-refractivity contribution in [2.75, 3.05) is 54.2 Å². The minimum atomic E-state index is -0.514. The van der Waals surface area contributed by atoms with E-state index in [1.165, 1.54) is 0 Å². The molecule has 0 spiro atoms. The lowest BCUT2D eigenvalue weighted by Gasteiger charge is -2.14. The molecule has 0 N–H and O–H groups in total. The molecule has 0 unspecified atom stereocenters. The fourth-order valence-corrected chi connectivity index (χ4v) is 2.21. The Morgan fingerprint density at radius 3 is 2.36 bits per heavy atom. The molecule has 25 heavy (non-hydrogen) atoms. The second-order valence-electron chi connectivity index (χ2n) is 5.23. The van der Waals surface area contributed by atoms with Crippen molar-refractivity contribution < 1.29 is 38.0 Å². The minimum Gasteiger partial charge on any atom is -0.478 e. The third-order valence-corrected chi connectivity index (χ3v) is 3.42. The van der Waals surface area contributed by atoms with Gasteiger partial charge in [-0.1, -0.05) is 0 Å². The molecule has 8 heteroatoms. The van der Waals surface area contributed by atoms with Gasteiger partial charge in [0.05, 0.1) is 26.4 Å². The Bertz CT molecular complexity index is 534. The third-order valence-electron chi connectivity index (χ3n) is 3.42. The van der Waals surface area contributed by atoms with Gasteiger partial charge < -0.3 is 33.2 Å². The van der Waals surface area contributed by atoms with Crippen molar-refractivity contribution in [3.05, 3.63) is 17.7 Å². The lowest BCUT2D eigenvalue weighted by atomic mass is 10.1. The molecule has 140 valence electrons. The summed E-state index contributed by atoms with van der Waals surface area (Å²) in [6, 6.07) is 3.50. The number of aldehydes is 1. The lowest BCUT2D eigenvalue weighted by Crippen LogP contribution is -2.14. The monoisotopic (exact) mass is 356 g/mol. The lowest BCUT2D eigenvalue weighted by molar-refractivity contribution is -0.113. The highest BCUT2D eigenvalue weighted by molar-refractivity contribution is 5.64. The number of hydrogen-bond acceptors (Lipinski definition) is 8. The van der Waals surface area contributed by atoms with Gasteiger partial charge in [-0.2, -0.15) is 0 Å². The SMILES string of the molecule is COCCOCOc1cc2c(c(OCOCCOC)c1)O[C@@H](C=O)C2. The van der Waals surface area contributed by atoms with E-state index in [1.807, 2.05) is 6.07 Å². The highest BCUT2D eigenvalue weighted by Crippen LogP contribution is 2.41. The molecule has 0 amide bonds. The van der Waals surface area contributed by atoms with Gasteiger partial charge in [0.15, 0.2) is 37.5 Å². The van der Waals surface area contributed by atoms with E-state index < -0.39 is 6.10 Å². The average molecular weight is 356 g/mol. The van der Waals surface area contributed by atoms with Crippen LogP contribution in [0.4, 0.5) is 0 Å². The Balaban J connectivity index is 1.96. The maximum absolute atomic E-state index is 11.0. The van der Waals surface area contributed by atoms with Gasteiger partial charge >= 0.3 is 0 Å². The summed E-state index contributed by atoms with van der Waals surface area (Å²) in [6.45, 7) is 1.96. The summed E-state index contributed by atoms with van der Waals surface area (Å²) in [5, 5.41) is 0. The van der Waals surface area contributed by atoms with E-state index in [1.54, 1.807) is 20.3 Å². The van der Waals surface area contributed by atoms with Crippen LogP contribution in [-0.4, -0.2) is 66.6 Å². The summed E-state index contributed by atoms with van der Waals surface area (Å²) in [6.07, 6.45) is 0.731. The molecule has 0 saturated heterocycles. The Kier molecular flexibility index (Phi) is 8.47. The summed E-state index contributed by atoms with van der Waals surface area (Å²) < 4.78 is 37.2. The smallest absolute Gasteiger partial charge is 0.189 e. The molecule has 1 aromatic rings. The Hall–Kier alpha value is -1.87. The maximum atomic E-state index is 11.0. The van der Waals surface area contributed by atoms with Crippen LogP contribution in [0, 0.1) is 0 Å². The van der Waals surface area contributed by atoms with Crippen molar-refractivity contribution in [2.45, 2.75) is 12.5 Å². The zero-order valence-electron chi connectivity index (χ0n) is 14.5. The van der Waals surface area contributed by atoms with E-state index in [2.05, 4.69) is 0 Å². The number of ether oxygens (including phenoxy) is 7. The van der Waals surface area contributed by atoms with E-state index in [9.17, 15) is 4.79 Å². The largest absolute Gasteiger partial charge is 0.478 e. The molecular weight excluding hydrogens is 332 g/mol. The first-order valence-corrected chi connectivity index (χ1v) is 7.96. The van der Waals surface area contributed by atoms with Crippen LogP contribution in [0.2, 0.25) is 0 Å². The predicted octanol–water partition coefficient (Wildman–Crippen LogP) is 1.19. The van der Waals surface area contributed by atoms with Crippen LogP contribution in [0.25, 0.3) is 0 Å². The standard InChI is InChI=1S/C17H24O8/c1-19-3-5-21-11-23-14-7-13-8-15(10-18)25-17(13)16(9-14)24-12-22-6-4-20-2/h7,9-10,15H,3-6,8,11-12H2,1-2H3/t15-/m1/s1. The molecule has 2 rings (SSSR count). The van der Waals surface area contributed by atoms with Crippen LogP contribution < -0.4 is 14.2 Å². The van der Waals surface area contributed by atoms with Gasteiger partial charge in [-0.05, 0) is 6.07 Å². The van der Waals surface area contributed by atoms with Crippen molar-refractivity contribution in [3.63, 3.8) is 0 Å². The number of hydrogen-bond donors (Lipinski definition) is 0. The quantitative estimate of drug-likeness (QED) is 0.296. The molecule has 0 radical (unpaired) electrons. The van der Waals surface area contributed by atoms with Crippen LogP contribution in [-0.2, 0) is 30.2 Å². The van der Waals surface area contributed by atoms with Crippen LogP contribution in [0.1, 0.15) is 5.56 Å². The van der Waals surface area contributed by atoms with E-state index in [4.69, 9.17) is 33.2 Å². The maximum Gasteiger partial charge on any atom is 0.189 e.